The molecule has 0 aliphatic rings. The molecule has 2 aromatic carbocycles. The summed E-state index contributed by atoms with van der Waals surface area (Å²) in [4.78, 5) is 4.32. The fraction of sp³-hybridized carbons (Fsp3) is 0.118. The fourth-order valence-electron chi connectivity index (χ4n) is 2.37. The van der Waals surface area contributed by atoms with Gasteiger partial charge >= 0.3 is 0 Å². The first-order chi connectivity index (χ1) is 9.66. The Labute approximate surface area is 117 Å². The maximum atomic E-state index is 13.7. The van der Waals surface area contributed by atoms with Crippen LogP contribution >= 0.6 is 0 Å². The lowest BCUT2D eigenvalue weighted by Crippen LogP contribution is -2.13. The summed E-state index contributed by atoms with van der Waals surface area (Å²) >= 11 is 0. The number of rotatable bonds is 2. The average Bonchev–Trinajstić information content (AvgIpc) is 2.49. The maximum Gasteiger partial charge on any atom is 0.126 e. The van der Waals surface area contributed by atoms with Crippen molar-refractivity contribution in [2.24, 2.45) is 5.73 Å². The Morgan fingerprint density at radius 2 is 1.90 bits per heavy atom. The first kappa shape index (κ1) is 12.8. The molecule has 0 fully saturated rings. The summed E-state index contributed by atoms with van der Waals surface area (Å²) < 4.78 is 13.7. The van der Waals surface area contributed by atoms with Crippen LogP contribution in [0.1, 0.15) is 22.7 Å². The van der Waals surface area contributed by atoms with Gasteiger partial charge in [-0.1, -0.05) is 30.3 Å². The molecule has 0 radical (unpaired) electrons. The molecule has 20 heavy (non-hydrogen) atoms. The molecule has 0 aliphatic carbocycles. The van der Waals surface area contributed by atoms with Gasteiger partial charge in [0.15, 0.2) is 0 Å². The summed E-state index contributed by atoms with van der Waals surface area (Å²) in [5, 5.41) is 1.00. The van der Waals surface area contributed by atoms with Crippen molar-refractivity contribution < 1.29 is 4.39 Å². The van der Waals surface area contributed by atoms with Crippen LogP contribution in [0.3, 0.4) is 0 Å². The highest BCUT2D eigenvalue weighted by molar-refractivity contribution is 5.82. The van der Waals surface area contributed by atoms with Crippen LogP contribution < -0.4 is 5.73 Å². The maximum absolute atomic E-state index is 13.7. The second kappa shape index (κ2) is 5.02. The number of nitrogens with two attached hydrogens (primary N) is 1. The van der Waals surface area contributed by atoms with E-state index in [2.05, 4.69) is 4.98 Å². The van der Waals surface area contributed by atoms with Gasteiger partial charge in [0.2, 0.25) is 0 Å². The number of halogens is 1. The number of hydrogen-bond acceptors (Lipinski definition) is 2. The first-order valence-electron chi connectivity index (χ1n) is 6.52. The molecule has 0 aliphatic heterocycles. The van der Waals surface area contributed by atoms with Crippen LogP contribution in [-0.2, 0) is 0 Å². The first-order valence-corrected chi connectivity index (χ1v) is 6.52. The van der Waals surface area contributed by atoms with Crippen molar-refractivity contribution in [3.8, 4) is 0 Å². The van der Waals surface area contributed by atoms with Gasteiger partial charge in [-0.2, -0.15) is 0 Å². The van der Waals surface area contributed by atoms with Gasteiger partial charge in [-0.3, -0.25) is 4.98 Å². The van der Waals surface area contributed by atoms with Crippen molar-refractivity contribution in [2.75, 3.05) is 0 Å². The number of fused-ring (bicyclic) bond motifs is 1. The summed E-state index contributed by atoms with van der Waals surface area (Å²) in [7, 11) is 0. The van der Waals surface area contributed by atoms with E-state index >= 15 is 0 Å². The van der Waals surface area contributed by atoms with Gasteiger partial charge in [0, 0.05) is 11.6 Å². The molecule has 1 aromatic heterocycles. The zero-order valence-corrected chi connectivity index (χ0v) is 11.2. The van der Waals surface area contributed by atoms with Gasteiger partial charge in [0.25, 0.3) is 0 Å². The summed E-state index contributed by atoms with van der Waals surface area (Å²) in [6, 6.07) is 14.5. The van der Waals surface area contributed by atoms with Gasteiger partial charge in [-0.05, 0) is 41.8 Å². The largest absolute Gasteiger partial charge is 0.320 e. The summed E-state index contributed by atoms with van der Waals surface area (Å²) in [6.07, 6.45) is 1.74. The van der Waals surface area contributed by atoms with Crippen molar-refractivity contribution >= 4 is 10.9 Å². The number of aromatic nitrogens is 1. The van der Waals surface area contributed by atoms with E-state index in [0.717, 1.165) is 22.0 Å². The molecule has 2 N–H and O–H groups in total. The third-order valence-electron chi connectivity index (χ3n) is 3.57. The molecule has 1 unspecified atom stereocenters. The average molecular weight is 266 g/mol. The lowest BCUT2D eigenvalue weighted by molar-refractivity contribution is 0.614. The molecule has 1 atom stereocenters. The molecule has 0 spiro atoms. The Morgan fingerprint density at radius 3 is 2.70 bits per heavy atom. The van der Waals surface area contributed by atoms with E-state index in [0.29, 0.717) is 5.56 Å². The molecule has 2 nitrogen and oxygen atoms in total. The molecular formula is C17H15FN2. The molecule has 1 heterocycles. The zero-order chi connectivity index (χ0) is 14.1. The predicted octanol–water partition coefficient (Wildman–Crippen LogP) is 3.73. The molecular weight excluding hydrogens is 251 g/mol. The Bertz CT molecular complexity index is 763. The van der Waals surface area contributed by atoms with E-state index in [-0.39, 0.29) is 11.9 Å². The quantitative estimate of drug-likeness (QED) is 0.767. The highest BCUT2D eigenvalue weighted by Crippen LogP contribution is 2.26. The van der Waals surface area contributed by atoms with Crippen LogP contribution in [0.25, 0.3) is 10.9 Å². The number of para-hydroxylation sites is 1. The molecule has 3 rings (SSSR count). The molecule has 3 heteroatoms. The Hall–Kier alpha value is -2.26. The molecule has 3 aromatic rings. The lowest BCUT2D eigenvalue weighted by atomic mass is 9.96. The second-order valence-corrected chi connectivity index (χ2v) is 4.90. The van der Waals surface area contributed by atoms with Crippen molar-refractivity contribution in [3.63, 3.8) is 0 Å². The third kappa shape index (κ3) is 2.17. The summed E-state index contributed by atoms with van der Waals surface area (Å²) in [6.45, 7) is 1.74. The number of hydrogen-bond donors (Lipinski definition) is 1. The van der Waals surface area contributed by atoms with Crippen LogP contribution in [0.4, 0.5) is 4.39 Å². The summed E-state index contributed by atoms with van der Waals surface area (Å²) in [5.74, 6) is -0.226. The van der Waals surface area contributed by atoms with Crippen molar-refractivity contribution in [2.45, 2.75) is 13.0 Å². The fourth-order valence-corrected chi connectivity index (χ4v) is 2.37. The molecule has 0 amide bonds. The molecule has 0 bridgehead atoms. The van der Waals surface area contributed by atoms with E-state index in [1.54, 1.807) is 19.2 Å². The van der Waals surface area contributed by atoms with Crippen LogP contribution in [0.2, 0.25) is 0 Å². The topological polar surface area (TPSA) is 38.9 Å². The van der Waals surface area contributed by atoms with Gasteiger partial charge in [0.1, 0.15) is 5.82 Å². The lowest BCUT2D eigenvalue weighted by Gasteiger charge is -2.15. The minimum absolute atomic E-state index is 0.226. The number of pyridine rings is 1. The normalized spacial score (nSPS) is 12.6. The smallest absolute Gasteiger partial charge is 0.126 e. The zero-order valence-electron chi connectivity index (χ0n) is 11.2. The van der Waals surface area contributed by atoms with Crippen molar-refractivity contribution in [3.05, 3.63) is 77.2 Å². The Balaban J connectivity index is 2.12. The van der Waals surface area contributed by atoms with Crippen molar-refractivity contribution in [1.29, 1.82) is 0 Å². The highest BCUT2D eigenvalue weighted by Gasteiger charge is 2.13. The molecule has 100 valence electrons. The van der Waals surface area contributed by atoms with E-state index in [4.69, 9.17) is 5.73 Å². The number of aryl methyl sites for hydroxylation is 1. The predicted molar refractivity (Wildman–Crippen MR) is 78.9 cm³/mol. The number of benzene rings is 2. The molecule has 0 saturated heterocycles. The Kier molecular flexibility index (Phi) is 3.20. The van der Waals surface area contributed by atoms with E-state index in [1.165, 1.54) is 6.07 Å². The minimum atomic E-state index is -0.363. The Morgan fingerprint density at radius 1 is 1.10 bits per heavy atom. The SMILES string of the molecule is Cc1ccc(C(N)c2ccnc3ccccc23)cc1F. The van der Waals surface area contributed by atoms with Gasteiger partial charge in [-0.15, -0.1) is 0 Å². The van der Waals surface area contributed by atoms with E-state index in [9.17, 15) is 4.39 Å². The monoisotopic (exact) mass is 266 g/mol. The van der Waals surface area contributed by atoms with Gasteiger partial charge in [-0.25, -0.2) is 4.39 Å². The summed E-state index contributed by atoms with van der Waals surface area (Å²) in [5.41, 5.74) is 9.55. The van der Waals surface area contributed by atoms with Crippen LogP contribution in [0, 0.1) is 12.7 Å². The second-order valence-electron chi connectivity index (χ2n) is 4.90. The third-order valence-corrected chi connectivity index (χ3v) is 3.57. The van der Waals surface area contributed by atoms with Gasteiger partial charge < -0.3 is 5.73 Å². The molecule has 0 saturated carbocycles. The highest BCUT2D eigenvalue weighted by atomic mass is 19.1. The van der Waals surface area contributed by atoms with Crippen LogP contribution in [0.5, 0.6) is 0 Å². The van der Waals surface area contributed by atoms with Crippen molar-refractivity contribution in [1.82, 2.24) is 4.98 Å². The van der Waals surface area contributed by atoms with Crippen LogP contribution in [-0.4, -0.2) is 4.98 Å². The van der Waals surface area contributed by atoms with E-state index < -0.39 is 0 Å². The number of nitrogens with zero attached hydrogens (tertiary/aromatic N) is 1. The standard InChI is InChI=1S/C17H15FN2/c1-11-6-7-12(10-15(11)18)17(19)14-8-9-20-16-5-3-2-4-13(14)16/h2-10,17H,19H2,1H3. The van der Waals surface area contributed by atoms with Crippen LogP contribution in [0.15, 0.2) is 54.7 Å². The minimum Gasteiger partial charge on any atom is -0.320 e. The van der Waals surface area contributed by atoms with E-state index in [1.807, 2.05) is 36.4 Å². The van der Waals surface area contributed by atoms with Gasteiger partial charge in [0.05, 0.1) is 11.6 Å².